The van der Waals surface area contributed by atoms with E-state index >= 15 is 0 Å². The van der Waals surface area contributed by atoms with E-state index in [-0.39, 0.29) is 6.04 Å². The number of anilines is 1. The third kappa shape index (κ3) is 3.09. The van der Waals surface area contributed by atoms with Crippen molar-refractivity contribution in [2.45, 2.75) is 38.8 Å². The molecular formula is C15H22N6O. The molecule has 0 aliphatic carbocycles. The maximum absolute atomic E-state index is 5.17. The SMILES string of the molecule is COCCn1cnnc1[C@@H]1CCCCN1c1cc(C)ncn1. The number of nitrogens with zero attached hydrogens (tertiary/aromatic N) is 6. The summed E-state index contributed by atoms with van der Waals surface area (Å²) in [5, 5.41) is 8.46. The monoisotopic (exact) mass is 302 g/mol. The maximum atomic E-state index is 5.17. The van der Waals surface area contributed by atoms with E-state index in [0.29, 0.717) is 6.61 Å². The molecule has 118 valence electrons. The lowest BCUT2D eigenvalue weighted by atomic mass is 10.0. The van der Waals surface area contributed by atoms with Crippen LogP contribution in [0.25, 0.3) is 0 Å². The molecule has 22 heavy (non-hydrogen) atoms. The molecule has 1 fully saturated rings. The first-order valence-electron chi connectivity index (χ1n) is 7.71. The maximum Gasteiger partial charge on any atom is 0.155 e. The minimum absolute atomic E-state index is 0.211. The molecule has 2 aromatic rings. The van der Waals surface area contributed by atoms with Crippen molar-refractivity contribution in [1.29, 1.82) is 0 Å². The van der Waals surface area contributed by atoms with Crippen LogP contribution in [0.2, 0.25) is 0 Å². The Morgan fingerprint density at radius 1 is 1.32 bits per heavy atom. The summed E-state index contributed by atoms with van der Waals surface area (Å²) in [7, 11) is 1.71. The van der Waals surface area contributed by atoms with Crippen molar-refractivity contribution in [1.82, 2.24) is 24.7 Å². The molecule has 0 N–H and O–H groups in total. The van der Waals surface area contributed by atoms with E-state index in [1.54, 1.807) is 19.8 Å². The number of aromatic nitrogens is 5. The highest BCUT2D eigenvalue weighted by Gasteiger charge is 2.29. The van der Waals surface area contributed by atoms with Gasteiger partial charge in [-0.1, -0.05) is 0 Å². The van der Waals surface area contributed by atoms with Crippen molar-refractivity contribution >= 4 is 5.82 Å². The van der Waals surface area contributed by atoms with Crippen LogP contribution < -0.4 is 4.90 Å². The predicted molar refractivity (Wildman–Crippen MR) is 82.6 cm³/mol. The lowest BCUT2D eigenvalue weighted by Crippen LogP contribution is -2.36. The highest BCUT2D eigenvalue weighted by Crippen LogP contribution is 2.33. The number of rotatable bonds is 5. The molecule has 1 aliphatic rings. The Morgan fingerprint density at radius 2 is 2.23 bits per heavy atom. The van der Waals surface area contributed by atoms with Gasteiger partial charge in [-0.15, -0.1) is 10.2 Å². The fraction of sp³-hybridized carbons (Fsp3) is 0.600. The van der Waals surface area contributed by atoms with Crippen LogP contribution in [-0.4, -0.2) is 45.0 Å². The van der Waals surface area contributed by atoms with Gasteiger partial charge in [-0.25, -0.2) is 9.97 Å². The molecule has 7 nitrogen and oxygen atoms in total. The van der Waals surface area contributed by atoms with Gasteiger partial charge in [0.1, 0.15) is 18.5 Å². The second kappa shape index (κ2) is 6.83. The second-order valence-corrected chi connectivity index (χ2v) is 5.60. The minimum Gasteiger partial charge on any atom is -0.383 e. The standard InChI is InChI=1S/C15H22N6O/c1-12-9-14(17-10-16-12)21-6-4-3-5-13(21)15-19-18-11-20(15)7-8-22-2/h9-11,13H,3-8H2,1-2H3/t13-/m0/s1. The zero-order chi connectivity index (χ0) is 15.4. The van der Waals surface area contributed by atoms with Gasteiger partial charge in [-0.2, -0.15) is 0 Å². The lowest BCUT2D eigenvalue weighted by Gasteiger charge is -2.36. The second-order valence-electron chi connectivity index (χ2n) is 5.60. The summed E-state index contributed by atoms with van der Waals surface area (Å²) in [5.74, 6) is 1.96. The van der Waals surface area contributed by atoms with Gasteiger partial charge in [0, 0.05) is 32.0 Å². The molecule has 7 heteroatoms. The van der Waals surface area contributed by atoms with Gasteiger partial charge < -0.3 is 14.2 Å². The summed E-state index contributed by atoms with van der Waals surface area (Å²) in [6, 6.07) is 2.25. The summed E-state index contributed by atoms with van der Waals surface area (Å²) in [6.45, 7) is 4.40. The molecule has 1 saturated heterocycles. The summed E-state index contributed by atoms with van der Waals surface area (Å²) in [6.07, 6.45) is 6.85. The molecule has 0 radical (unpaired) electrons. The van der Waals surface area contributed by atoms with Crippen LogP contribution in [0.15, 0.2) is 18.7 Å². The Kier molecular flexibility index (Phi) is 4.62. The molecule has 1 atom stereocenters. The van der Waals surface area contributed by atoms with Gasteiger partial charge >= 0.3 is 0 Å². The topological polar surface area (TPSA) is 69.0 Å². The van der Waals surface area contributed by atoms with Crippen molar-refractivity contribution in [3.05, 3.63) is 30.2 Å². The highest BCUT2D eigenvalue weighted by molar-refractivity contribution is 5.41. The first-order valence-corrected chi connectivity index (χ1v) is 7.71. The number of methoxy groups -OCH3 is 1. The molecular weight excluding hydrogens is 280 g/mol. The van der Waals surface area contributed by atoms with E-state index in [1.165, 1.54) is 12.8 Å². The predicted octanol–water partition coefficient (Wildman–Crippen LogP) is 1.75. The molecule has 0 saturated carbocycles. The van der Waals surface area contributed by atoms with E-state index in [1.807, 2.05) is 13.0 Å². The lowest BCUT2D eigenvalue weighted by molar-refractivity contribution is 0.185. The van der Waals surface area contributed by atoms with Crippen molar-refractivity contribution in [3.8, 4) is 0 Å². The molecule has 3 rings (SSSR count). The zero-order valence-corrected chi connectivity index (χ0v) is 13.1. The van der Waals surface area contributed by atoms with Gasteiger partial charge in [0.25, 0.3) is 0 Å². The quantitative estimate of drug-likeness (QED) is 0.838. The molecule has 0 spiro atoms. The van der Waals surface area contributed by atoms with Gasteiger partial charge in [-0.3, -0.25) is 0 Å². The Bertz CT molecular complexity index is 614. The largest absolute Gasteiger partial charge is 0.383 e. The molecule has 0 unspecified atom stereocenters. The van der Waals surface area contributed by atoms with Crippen molar-refractivity contribution < 1.29 is 4.74 Å². The van der Waals surface area contributed by atoms with E-state index in [2.05, 4.69) is 29.6 Å². The van der Waals surface area contributed by atoms with Crippen LogP contribution >= 0.6 is 0 Å². The summed E-state index contributed by atoms with van der Waals surface area (Å²) in [5.41, 5.74) is 0.982. The fourth-order valence-electron chi connectivity index (χ4n) is 2.96. The van der Waals surface area contributed by atoms with Crippen LogP contribution in [0.4, 0.5) is 5.82 Å². The van der Waals surface area contributed by atoms with Gasteiger partial charge in [-0.05, 0) is 26.2 Å². The van der Waals surface area contributed by atoms with Crippen molar-refractivity contribution in [2.75, 3.05) is 25.2 Å². The molecule has 0 aromatic carbocycles. The Balaban J connectivity index is 1.88. The molecule has 1 aliphatic heterocycles. The van der Waals surface area contributed by atoms with Gasteiger partial charge in [0.2, 0.25) is 0 Å². The Hall–Kier alpha value is -2.02. The Labute approximate surface area is 130 Å². The number of hydrogen-bond donors (Lipinski definition) is 0. The number of aryl methyl sites for hydroxylation is 1. The minimum atomic E-state index is 0.211. The first-order chi connectivity index (χ1) is 10.8. The zero-order valence-electron chi connectivity index (χ0n) is 13.1. The first kappa shape index (κ1) is 14.9. The fourth-order valence-corrected chi connectivity index (χ4v) is 2.96. The third-order valence-corrected chi connectivity index (χ3v) is 4.07. The van der Waals surface area contributed by atoms with Crippen LogP contribution in [0, 0.1) is 6.92 Å². The highest BCUT2D eigenvalue weighted by atomic mass is 16.5. The third-order valence-electron chi connectivity index (χ3n) is 4.07. The normalized spacial score (nSPS) is 18.6. The van der Waals surface area contributed by atoms with E-state index in [0.717, 1.165) is 36.8 Å². The van der Waals surface area contributed by atoms with Crippen LogP contribution in [0.3, 0.4) is 0 Å². The van der Waals surface area contributed by atoms with Crippen LogP contribution in [0.5, 0.6) is 0 Å². The van der Waals surface area contributed by atoms with Gasteiger partial charge in [0.15, 0.2) is 5.82 Å². The van der Waals surface area contributed by atoms with Crippen molar-refractivity contribution in [2.24, 2.45) is 0 Å². The van der Waals surface area contributed by atoms with E-state index < -0.39 is 0 Å². The Morgan fingerprint density at radius 3 is 3.05 bits per heavy atom. The summed E-state index contributed by atoms with van der Waals surface area (Å²) < 4.78 is 7.26. The molecule has 0 amide bonds. The summed E-state index contributed by atoms with van der Waals surface area (Å²) >= 11 is 0. The van der Waals surface area contributed by atoms with Crippen molar-refractivity contribution in [3.63, 3.8) is 0 Å². The smallest absolute Gasteiger partial charge is 0.155 e. The molecule has 0 bridgehead atoms. The molecule has 2 aromatic heterocycles. The average Bonchev–Trinajstić information content (AvgIpc) is 3.01. The van der Waals surface area contributed by atoms with E-state index in [9.17, 15) is 0 Å². The van der Waals surface area contributed by atoms with E-state index in [4.69, 9.17) is 4.74 Å². The van der Waals surface area contributed by atoms with Crippen LogP contribution in [-0.2, 0) is 11.3 Å². The summed E-state index contributed by atoms with van der Waals surface area (Å²) in [4.78, 5) is 11.0. The van der Waals surface area contributed by atoms with Gasteiger partial charge in [0.05, 0.1) is 12.6 Å². The average molecular weight is 302 g/mol. The number of piperidine rings is 1. The molecule has 3 heterocycles. The number of hydrogen-bond acceptors (Lipinski definition) is 6. The van der Waals surface area contributed by atoms with Crippen LogP contribution in [0.1, 0.15) is 36.8 Å². The number of ether oxygens (including phenoxy) is 1.